The van der Waals surface area contributed by atoms with Crippen molar-refractivity contribution in [2.24, 2.45) is 5.92 Å². The van der Waals surface area contributed by atoms with Gasteiger partial charge in [-0.3, -0.25) is 0 Å². The van der Waals surface area contributed by atoms with Gasteiger partial charge >= 0.3 is 0 Å². The van der Waals surface area contributed by atoms with E-state index in [2.05, 4.69) is 83.9 Å². The molecule has 2 heterocycles. The van der Waals surface area contributed by atoms with E-state index in [1.54, 1.807) is 0 Å². The highest BCUT2D eigenvalue weighted by Gasteiger charge is 2.16. The lowest BCUT2D eigenvalue weighted by atomic mass is 9.99. The molecule has 0 aliphatic carbocycles. The van der Waals surface area contributed by atoms with Crippen molar-refractivity contribution in [2.75, 3.05) is 18.0 Å². The Morgan fingerprint density at radius 2 is 1.66 bits per heavy atom. The third-order valence-corrected chi connectivity index (χ3v) is 5.73. The van der Waals surface area contributed by atoms with E-state index < -0.39 is 0 Å². The summed E-state index contributed by atoms with van der Waals surface area (Å²) in [7, 11) is 0. The average Bonchev–Trinajstić information content (AvgIpc) is 2.73. The second kappa shape index (κ2) is 12.7. The second-order valence-electron chi connectivity index (χ2n) is 8.21. The Morgan fingerprint density at radius 3 is 2.31 bits per heavy atom. The molecule has 0 saturated carbocycles. The number of aromatic nitrogens is 1. The predicted octanol–water partition coefficient (Wildman–Crippen LogP) is 2.58. The third kappa shape index (κ3) is 7.86. The lowest BCUT2D eigenvalue weighted by Crippen LogP contribution is -3.00. The van der Waals surface area contributed by atoms with Gasteiger partial charge in [0.1, 0.15) is 0 Å². The van der Waals surface area contributed by atoms with E-state index in [4.69, 9.17) is 0 Å². The van der Waals surface area contributed by atoms with Crippen LogP contribution in [0.2, 0.25) is 0 Å². The molecule has 156 valence electrons. The Bertz CT molecular complexity index is 763. The maximum absolute atomic E-state index is 3.31. The summed E-state index contributed by atoms with van der Waals surface area (Å²) in [6, 6.07) is 13.2. The van der Waals surface area contributed by atoms with Gasteiger partial charge in [-0.05, 0) is 37.3 Å². The standard InChI is InChI=1S/C26H35N2.BrH/c1-3-4-5-6-7-8-9-24-10-12-25(13-11-24)22-27-18-16-26(17-19-27)28-20-14-23(2)15-21-28;/h10-13,16-19,23H,3-7,14-15,20-22H2,1-2H3;1H/q+1;/p-1. The van der Waals surface area contributed by atoms with Crippen LogP contribution in [0.1, 0.15) is 69.9 Å². The summed E-state index contributed by atoms with van der Waals surface area (Å²) < 4.78 is 2.25. The molecule has 1 aromatic heterocycles. The van der Waals surface area contributed by atoms with Crippen LogP contribution in [-0.2, 0) is 6.54 Å². The molecule has 0 bridgehead atoms. The van der Waals surface area contributed by atoms with Gasteiger partial charge < -0.3 is 21.9 Å². The van der Waals surface area contributed by atoms with Crippen molar-refractivity contribution in [3.63, 3.8) is 0 Å². The first-order valence-electron chi connectivity index (χ1n) is 11.1. The largest absolute Gasteiger partial charge is 1.00 e. The topological polar surface area (TPSA) is 7.12 Å². The fourth-order valence-electron chi connectivity index (χ4n) is 3.74. The smallest absolute Gasteiger partial charge is 0.173 e. The zero-order chi connectivity index (χ0) is 19.6. The Kier molecular flexibility index (Phi) is 10.3. The molecule has 1 aliphatic rings. The number of rotatable bonds is 7. The number of hydrogen-bond acceptors (Lipinski definition) is 1. The number of hydrogen-bond donors (Lipinski definition) is 0. The zero-order valence-corrected chi connectivity index (χ0v) is 19.6. The highest BCUT2D eigenvalue weighted by molar-refractivity contribution is 5.44. The quantitative estimate of drug-likeness (QED) is 0.354. The van der Waals surface area contributed by atoms with Crippen LogP contribution in [0.3, 0.4) is 0 Å². The van der Waals surface area contributed by atoms with Crippen LogP contribution in [-0.4, -0.2) is 13.1 Å². The fourth-order valence-corrected chi connectivity index (χ4v) is 3.74. The normalized spacial score (nSPS) is 14.1. The number of halogens is 1. The highest BCUT2D eigenvalue weighted by atomic mass is 79.9. The van der Waals surface area contributed by atoms with E-state index in [1.807, 2.05) is 0 Å². The first kappa shape index (κ1) is 23.5. The Labute approximate surface area is 188 Å². The Morgan fingerprint density at radius 1 is 0.966 bits per heavy atom. The molecule has 0 spiro atoms. The van der Waals surface area contributed by atoms with Gasteiger partial charge in [-0.15, -0.1) is 0 Å². The Balaban J connectivity index is 0.00000300. The van der Waals surface area contributed by atoms with Crippen molar-refractivity contribution in [3.05, 3.63) is 59.9 Å². The van der Waals surface area contributed by atoms with Crippen molar-refractivity contribution in [1.29, 1.82) is 0 Å². The molecule has 0 radical (unpaired) electrons. The van der Waals surface area contributed by atoms with E-state index >= 15 is 0 Å². The van der Waals surface area contributed by atoms with E-state index in [9.17, 15) is 0 Å². The van der Waals surface area contributed by atoms with Crippen LogP contribution in [0.25, 0.3) is 0 Å². The van der Waals surface area contributed by atoms with Gasteiger partial charge in [0.15, 0.2) is 18.9 Å². The average molecular weight is 455 g/mol. The lowest BCUT2D eigenvalue weighted by Gasteiger charge is -2.31. The predicted molar refractivity (Wildman–Crippen MR) is 118 cm³/mol. The summed E-state index contributed by atoms with van der Waals surface area (Å²) in [5, 5.41) is 0. The minimum absolute atomic E-state index is 0. The van der Waals surface area contributed by atoms with Crippen molar-refractivity contribution >= 4 is 5.69 Å². The molecular formula is C26H35BrN2. The van der Waals surface area contributed by atoms with E-state index in [1.165, 1.54) is 62.9 Å². The van der Waals surface area contributed by atoms with Crippen molar-refractivity contribution in [2.45, 2.75) is 65.3 Å². The SMILES string of the molecule is CCCCCCC#Cc1ccc(C[n+]2ccc(N3CCC(C)CC3)cc2)cc1.[Br-]. The minimum atomic E-state index is 0. The van der Waals surface area contributed by atoms with Gasteiger partial charge in [0, 0.05) is 48.5 Å². The molecule has 1 aliphatic heterocycles. The Hall–Kier alpha value is -1.79. The molecule has 3 rings (SSSR count). The van der Waals surface area contributed by atoms with Crippen LogP contribution in [0.5, 0.6) is 0 Å². The summed E-state index contributed by atoms with van der Waals surface area (Å²) in [6.07, 6.45) is 13.2. The molecule has 2 aromatic rings. The van der Waals surface area contributed by atoms with Gasteiger partial charge in [-0.1, -0.05) is 57.1 Å². The molecule has 2 nitrogen and oxygen atoms in total. The summed E-state index contributed by atoms with van der Waals surface area (Å²) >= 11 is 0. The number of nitrogens with zero attached hydrogens (tertiary/aromatic N) is 2. The molecule has 0 atom stereocenters. The van der Waals surface area contributed by atoms with Gasteiger partial charge in [-0.25, -0.2) is 4.57 Å². The molecule has 3 heteroatoms. The summed E-state index contributed by atoms with van der Waals surface area (Å²) in [5.74, 6) is 7.48. The lowest BCUT2D eigenvalue weighted by molar-refractivity contribution is -0.688. The first-order chi connectivity index (χ1) is 13.7. The molecular weight excluding hydrogens is 420 g/mol. The van der Waals surface area contributed by atoms with E-state index in [-0.39, 0.29) is 17.0 Å². The van der Waals surface area contributed by atoms with Crippen LogP contribution in [0.4, 0.5) is 5.69 Å². The number of pyridine rings is 1. The molecule has 0 amide bonds. The monoisotopic (exact) mass is 454 g/mol. The maximum Gasteiger partial charge on any atom is 0.173 e. The molecule has 0 N–H and O–H groups in total. The van der Waals surface area contributed by atoms with Crippen LogP contribution in [0.15, 0.2) is 48.8 Å². The van der Waals surface area contributed by atoms with Crippen LogP contribution in [0, 0.1) is 17.8 Å². The van der Waals surface area contributed by atoms with Crippen LogP contribution >= 0.6 is 0 Å². The molecule has 29 heavy (non-hydrogen) atoms. The number of piperidine rings is 1. The molecule has 1 saturated heterocycles. The molecule has 1 fully saturated rings. The van der Waals surface area contributed by atoms with E-state index in [0.717, 1.165) is 24.4 Å². The van der Waals surface area contributed by atoms with E-state index in [0.29, 0.717) is 0 Å². The van der Waals surface area contributed by atoms with Crippen molar-refractivity contribution in [3.8, 4) is 11.8 Å². The number of unbranched alkanes of at least 4 members (excludes halogenated alkanes) is 4. The van der Waals surface area contributed by atoms with Crippen molar-refractivity contribution < 1.29 is 21.5 Å². The second-order valence-corrected chi connectivity index (χ2v) is 8.21. The van der Waals surface area contributed by atoms with Gasteiger partial charge in [0.25, 0.3) is 0 Å². The molecule has 1 aromatic carbocycles. The summed E-state index contributed by atoms with van der Waals surface area (Å²) in [4.78, 5) is 2.51. The molecule has 0 unspecified atom stereocenters. The van der Waals surface area contributed by atoms with Gasteiger partial charge in [0.05, 0.1) is 0 Å². The van der Waals surface area contributed by atoms with Gasteiger partial charge in [0.2, 0.25) is 0 Å². The minimum Gasteiger partial charge on any atom is -1.00 e. The highest BCUT2D eigenvalue weighted by Crippen LogP contribution is 2.21. The fraction of sp³-hybridized carbons (Fsp3) is 0.500. The maximum atomic E-state index is 3.31. The summed E-state index contributed by atoms with van der Waals surface area (Å²) in [6.45, 7) is 7.89. The third-order valence-electron chi connectivity index (χ3n) is 5.73. The summed E-state index contributed by atoms with van der Waals surface area (Å²) in [5.41, 5.74) is 3.80. The van der Waals surface area contributed by atoms with Crippen LogP contribution < -0.4 is 26.4 Å². The zero-order valence-electron chi connectivity index (χ0n) is 18.0. The first-order valence-corrected chi connectivity index (χ1v) is 11.1. The van der Waals surface area contributed by atoms with Gasteiger partial charge in [-0.2, -0.15) is 0 Å². The number of anilines is 1. The van der Waals surface area contributed by atoms with Crippen molar-refractivity contribution in [1.82, 2.24) is 0 Å². The number of benzene rings is 1.